The van der Waals surface area contributed by atoms with Gasteiger partial charge < -0.3 is 4.74 Å². The lowest BCUT2D eigenvalue weighted by molar-refractivity contribution is 0.0452. The topological polar surface area (TPSA) is 39.2 Å². The van der Waals surface area contributed by atoms with Gasteiger partial charge in [-0.25, -0.2) is 14.2 Å². The summed E-state index contributed by atoms with van der Waals surface area (Å²) in [5, 5.41) is 0. The number of ether oxygens (including phenoxy) is 1. The Hall–Kier alpha value is -1.52. The van der Waals surface area contributed by atoms with Crippen LogP contribution < -0.4 is 0 Å². The van der Waals surface area contributed by atoms with E-state index in [1.807, 2.05) is 13.8 Å². The van der Waals surface area contributed by atoms with Crippen molar-refractivity contribution in [2.45, 2.75) is 13.8 Å². The molecule has 0 fully saturated rings. The zero-order chi connectivity index (χ0) is 11.4. The van der Waals surface area contributed by atoms with Gasteiger partial charge in [-0.1, -0.05) is 13.8 Å². The molecule has 0 saturated carbocycles. The Morgan fingerprint density at radius 3 is 2.80 bits per heavy atom. The predicted octanol–water partition coefficient (Wildman–Crippen LogP) is 2.17. The van der Waals surface area contributed by atoms with Crippen LogP contribution in [0.4, 0.5) is 8.78 Å². The standard InChI is InChI=1S/C10H11F2NO2/c1-6(2)5-15-10(14)7-3-4-13-9(12)8(7)11/h3-4,6H,5H2,1-2H3. The summed E-state index contributed by atoms with van der Waals surface area (Å²) in [6.45, 7) is 3.86. The molecule has 0 bridgehead atoms. The van der Waals surface area contributed by atoms with E-state index >= 15 is 0 Å². The van der Waals surface area contributed by atoms with Gasteiger partial charge in [-0.2, -0.15) is 4.39 Å². The molecule has 0 atom stereocenters. The number of halogens is 2. The highest BCUT2D eigenvalue weighted by molar-refractivity contribution is 5.89. The minimum absolute atomic E-state index is 0.142. The third-order valence-electron chi connectivity index (χ3n) is 1.61. The SMILES string of the molecule is CC(C)COC(=O)c1ccnc(F)c1F. The monoisotopic (exact) mass is 215 g/mol. The molecular formula is C10H11F2NO2. The van der Waals surface area contributed by atoms with Crippen LogP contribution >= 0.6 is 0 Å². The maximum Gasteiger partial charge on any atom is 0.341 e. The molecule has 0 aliphatic carbocycles. The van der Waals surface area contributed by atoms with Gasteiger partial charge in [0.1, 0.15) is 5.56 Å². The summed E-state index contributed by atoms with van der Waals surface area (Å²) in [5.41, 5.74) is -0.428. The molecule has 0 aliphatic rings. The van der Waals surface area contributed by atoms with E-state index < -0.39 is 23.3 Å². The van der Waals surface area contributed by atoms with Gasteiger partial charge in [-0.15, -0.1) is 0 Å². The molecule has 0 spiro atoms. The molecule has 1 rings (SSSR count). The lowest BCUT2D eigenvalue weighted by Crippen LogP contribution is -2.12. The van der Waals surface area contributed by atoms with Gasteiger partial charge >= 0.3 is 5.97 Å². The molecule has 15 heavy (non-hydrogen) atoms. The normalized spacial score (nSPS) is 10.5. The summed E-state index contributed by atoms with van der Waals surface area (Å²) in [6.07, 6.45) is 1.02. The van der Waals surface area contributed by atoms with Crippen LogP contribution in [0.15, 0.2) is 12.3 Å². The first-order valence-corrected chi connectivity index (χ1v) is 4.49. The summed E-state index contributed by atoms with van der Waals surface area (Å²) in [7, 11) is 0. The van der Waals surface area contributed by atoms with Crippen LogP contribution in [0.1, 0.15) is 24.2 Å². The van der Waals surface area contributed by atoms with Crippen molar-refractivity contribution in [1.82, 2.24) is 4.98 Å². The number of carbonyl (C=O) groups excluding carboxylic acids is 1. The molecule has 0 unspecified atom stereocenters. The Balaban J connectivity index is 2.78. The van der Waals surface area contributed by atoms with Crippen molar-refractivity contribution in [1.29, 1.82) is 0 Å². The number of aromatic nitrogens is 1. The van der Waals surface area contributed by atoms with Gasteiger partial charge in [0.2, 0.25) is 5.95 Å². The lowest BCUT2D eigenvalue weighted by Gasteiger charge is -2.07. The van der Waals surface area contributed by atoms with Crippen LogP contribution in [-0.2, 0) is 4.74 Å². The number of nitrogens with zero attached hydrogens (tertiary/aromatic N) is 1. The van der Waals surface area contributed by atoms with Crippen LogP contribution in [0.3, 0.4) is 0 Å². The van der Waals surface area contributed by atoms with Crippen molar-refractivity contribution in [2.75, 3.05) is 6.61 Å². The van der Waals surface area contributed by atoms with E-state index in [1.54, 1.807) is 0 Å². The summed E-state index contributed by atoms with van der Waals surface area (Å²) < 4.78 is 30.4. The van der Waals surface area contributed by atoms with Crippen molar-refractivity contribution < 1.29 is 18.3 Å². The van der Waals surface area contributed by atoms with Gasteiger partial charge in [0.25, 0.3) is 0 Å². The zero-order valence-electron chi connectivity index (χ0n) is 8.46. The van der Waals surface area contributed by atoms with Gasteiger partial charge in [-0.3, -0.25) is 0 Å². The molecule has 5 heteroatoms. The number of esters is 1. The minimum atomic E-state index is -1.30. The van der Waals surface area contributed by atoms with E-state index in [0.717, 1.165) is 12.3 Å². The van der Waals surface area contributed by atoms with E-state index in [4.69, 9.17) is 4.74 Å². The van der Waals surface area contributed by atoms with Crippen LogP contribution in [0.5, 0.6) is 0 Å². The molecule has 1 heterocycles. The molecule has 1 aromatic rings. The third-order valence-corrected chi connectivity index (χ3v) is 1.61. The van der Waals surface area contributed by atoms with Gasteiger partial charge in [0.05, 0.1) is 6.61 Å². The highest BCUT2D eigenvalue weighted by atomic mass is 19.2. The molecule has 82 valence electrons. The number of hydrogen-bond donors (Lipinski definition) is 0. The quantitative estimate of drug-likeness (QED) is 0.573. The summed E-state index contributed by atoms with van der Waals surface area (Å²) >= 11 is 0. The van der Waals surface area contributed by atoms with Crippen LogP contribution in [0.2, 0.25) is 0 Å². The van der Waals surface area contributed by atoms with Crippen molar-refractivity contribution >= 4 is 5.97 Å². The second-order valence-corrected chi connectivity index (χ2v) is 3.46. The zero-order valence-corrected chi connectivity index (χ0v) is 8.46. The second-order valence-electron chi connectivity index (χ2n) is 3.46. The van der Waals surface area contributed by atoms with E-state index in [2.05, 4.69) is 4.98 Å². The first-order valence-electron chi connectivity index (χ1n) is 4.49. The molecule has 0 aromatic carbocycles. The fourth-order valence-electron chi connectivity index (χ4n) is 0.896. The molecule has 0 amide bonds. The fraction of sp³-hybridized carbons (Fsp3) is 0.400. The van der Waals surface area contributed by atoms with Gasteiger partial charge in [0.15, 0.2) is 5.82 Å². The van der Waals surface area contributed by atoms with Crippen LogP contribution in [-0.4, -0.2) is 17.6 Å². The van der Waals surface area contributed by atoms with Crippen LogP contribution in [0.25, 0.3) is 0 Å². The Kier molecular flexibility index (Phi) is 3.71. The van der Waals surface area contributed by atoms with Crippen molar-refractivity contribution in [3.05, 3.63) is 29.6 Å². The molecule has 0 N–H and O–H groups in total. The van der Waals surface area contributed by atoms with E-state index in [0.29, 0.717) is 0 Å². The number of pyridine rings is 1. The largest absolute Gasteiger partial charge is 0.462 e. The maximum absolute atomic E-state index is 13.0. The second kappa shape index (κ2) is 4.82. The Morgan fingerprint density at radius 2 is 2.20 bits per heavy atom. The molecule has 3 nitrogen and oxygen atoms in total. The average Bonchev–Trinajstić information content (AvgIpc) is 2.18. The molecule has 1 aromatic heterocycles. The summed E-state index contributed by atoms with van der Waals surface area (Å²) in [5.74, 6) is -3.30. The third kappa shape index (κ3) is 2.97. The number of carbonyl (C=O) groups is 1. The first kappa shape index (κ1) is 11.6. The fourth-order valence-corrected chi connectivity index (χ4v) is 0.896. The molecular weight excluding hydrogens is 204 g/mol. The molecule has 0 radical (unpaired) electrons. The number of hydrogen-bond acceptors (Lipinski definition) is 3. The smallest absolute Gasteiger partial charge is 0.341 e. The highest BCUT2D eigenvalue weighted by Crippen LogP contribution is 2.10. The minimum Gasteiger partial charge on any atom is -0.462 e. The van der Waals surface area contributed by atoms with Crippen LogP contribution in [0, 0.1) is 17.7 Å². The van der Waals surface area contributed by atoms with E-state index in [1.165, 1.54) is 0 Å². The van der Waals surface area contributed by atoms with Gasteiger partial charge in [-0.05, 0) is 12.0 Å². The summed E-state index contributed by atoms with van der Waals surface area (Å²) in [6, 6.07) is 1.08. The van der Waals surface area contributed by atoms with Crippen molar-refractivity contribution in [3.63, 3.8) is 0 Å². The Bertz CT molecular complexity index is 366. The molecule has 0 saturated heterocycles. The lowest BCUT2D eigenvalue weighted by atomic mass is 10.2. The van der Waals surface area contributed by atoms with Gasteiger partial charge in [0, 0.05) is 6.20 Å². The molecule has 0 aliphatic heterocycles. The van der Waals surface area contributed by atoms with E-state index in [9.17, 15) is 13.6 Å². The highest BCUT2D eigenvalue weighted by Gasteiger charge is 2.17. The Labute approximate surface area is 86.1 Å². The number of rotatable bonds is 3. The van der Waals surface area contributed by atoms with Crippen molar-refractivity contribution in [2.24, 2.45) is 5.92 Å². The summed E-state index contributed by atoms with van der Waals surface area (Å²) in [4.78, 5) is 14.3. The maximum atomic E-state index is 13.0. The first-order chi connectivity index (χ1) is 7.02. The Morgan fingerprint density at radius 1 is 1.53 bits per heavy atom. The average molecular weight is 215 g/mol. The predicted molar refractivity (Wildman–Crippen MR) is 49.3 cm³/mol. The van der Waals surface area contributed by atoms with E-state index in [-0.39, 0.29) is 12.5 Å². The van der Waals surface area contributed by atoms with Crippen molar-refractivity contribution in [3.8, 4) is 0 Å².